The zero-order chi connectivity index (χ0) is 18.1. The summed E-state index contributed by atoms with van der Waals surface area (Å²) >= 11 is 3.39. The summed E-state index contributed by atoms with van der Waals surface area (Å²) in [6.07, 6.45) is 0.844. The van der Waals surface area contributed by atoms with Crippen molar-refractivity contribution < 1.29 is 4.74 Å². The first-order valence-corrected chi connectivity index (χ1v) is 10.2. The number of pyridine rings is 1. The highest BCUT2D eigenvalue weighted by atomic mass is 32.2. The SMILES string of the molecule is Cc1cc(Sc2ccccc2)cc(Nc2nc3c(s2)COC(C)(C)C3)n1. The molecule has 1 aromatic carbocycles. The highest BCUT2D eigenvalue weighted by Gasteiger charge is 2.29. The maximum absolute atomic E-state index is 5.88. The van der Waals surface area contributed by atoms with Crippen molar-refractivity contribution >= 4 is 34.0 Å². The van der Waals surface area contributed by atoms with Gasteiger partial charge in [0.05, 0.1) is 22.8 Å². The molecular formula is C20H21N3OS2. The quantitative estimate of drug-likeness (QED) is 0.636. The van der Waals surface area contributed by atoms with E-state index in [1.807, 2.05) is 13.0 Å². The predicted molar refractivity (Wildman–Crippen MR) is 108 cm³/mol. The van der Waals surface area contributed by atoms with Gasteiger partial charge < -0.3 is 10.1 Å². The van der Waals surface area contributed by atoms with E-state index in [0.29, 0.717) is 6.61 Å². The van der Waals surface area contributed by atoms with Crippen LogP contribution in [-0.2, 0) is 17.8 Å². The lowest BCUT2D eigenvalue weighted by Gasteiger charge is -2.28. The molecule has 0 atom stereocenters. The number of thiazole rings is 1. The zero-order valence-electron chi connectivity index (χ0n) is 15.1. The average molecular weight is 384 g/mol. The molecule has 3 aromatic rings. The number of fused-ring (bicyclic) bond motifs is 1. The molecule has 134 valence electrons. The molecule has 4 rings (SSSR count). The minimum Gasteiger partial charge on any atom is -0.370 e. The van der Waals surface area contributed by atoms with Crippen molar-refractivity contribution in [3.8, 4) is 0 Å². The highest BCUT2D eigenvalue weighted by Crippen LogP contribution is 2.35. The summed E-state index contributed by atoms with van der Waals surface area (Å²) in [7, 11) is 0. The monoisotopic (exact) mass is 383 g/mol. The van der Waals surface area contributed by atoms with Crippen LogP contribution in [0.25, 0.3) is 0 Å². The van der Waals surface area contributed by atoms with Crippen molar-refractivity contribution in [2.24, 2.45) is 0 Å². The maximum Gasteiger partial charge on any atom is 0.188 e. The lowest BCUT2D eigenvalue weighted by atomic mass is 10.00. The fourth-order valence-electron chi connectivity index (χ4n) is 2.90. The van der Waals surface area contributed by atoms with Gasteiger partial charge in [0.25, 0.3) is 0 Å². The molecule has 0 fully saturated rings. The standard InChI is InChI=1S/C20H21N3OS2/c1-13-9-15(25-14-7-5-4-6-8-14)10-18(21-13)23-19-22-16-11-20(2,3)24-12-17(16)26-19/h4-10H,11-12H2,1-3H3,(H,21,22,23). The van der Waals surface area contributed by atoms with Gasteiger partial charge in [-0.05, 0) is 45.0 Å². The van der Waals surface area contributed by atoms with Gasteiger partial charge in [-0.2, -0.15) is 0 Å². The van der Waals surface area contributed by atoms with Crippen LogP contribution >= 0.6 is 23.1 Å². The van der Waals surface area contributed by atoms with E-state index >= 15 is 0 Å². The second-order valence-corrected chi connectivity index (χ2v) is 9.21. The third-order valence-electron chi connectivity index (χ3n) is 4.11. The highest BCUT2D eigenvalue weighted by molar-refractivity contribution is 7.99. The Morgan fingerprint density at radius 1 is 1.12 bits per heavy atom. The minimum absolute atomic E-state index is 0.139. The van der Waals surface area contributed by atoms with Crippen molar-refractivity contribution in [3.05, 3.63) is 58.7 Å². The van der Waals surface area contributed by atoms with Gasteiger partial charge in [0, 0.05) is 21.9 Å². The Bertz CT molecular complexity index is 922. The van der Waals surface area contributed by atoms with E-state index in [1.54, 1.807) is 23.1 Å². The molecule has 0 spiro atoms. The maximum atomic E-state index is 5.88. The number of aromatic nitrogens is 2. The number of ether oxygens (including phenoxy) is 1. The molecule has 0 unspecified atom stereocenters. The topological polar surface area (TPSA) is 47.0 Å². The van der Waals surface area contributed by atoms with Crippen LogP contribution in [0.15, 0.2) is 52.3 Å². The number of nitrogens with zero attached hydrogens (tertiary/aromatic N) is 2. The number of benzene rings is 1. The summed E-state index contributed by atoms with van der Waals surface area (Å²) in [5.74, 6) is 0.828. The van der Waals surface area contributed by atoms with Crippen molar-refractivity contribution in [3.63, 3.8) is 0 Å². The van der Waals surface area contributed by atoms with Crippen LogP contribution < -0.4 is 5.32 Å². The lowest BCUT2D eigenvalue weighted by Crippen LogP contribution is -2.31. The molecule has 0 bridgehead atoms. The van der Waals surface area contributed by atoms with Crippen LogP contribution in [0.4, 0.5) is 10.9 Å². The Morgan fingerprint density at radius 2 is 1.92 bits per heavy atom. The third-order valence-corrected chi connectivity index (χ3v) is 6.07. The first kappa shape index (κ1) is 17.5. The number of aryl methyl sites for hydroxylation is 1. The molecular weight excluding hydrogens is 362 g/mol. The Morgan fingerprint density at radius 3 is 2.73 bits per heavy atom. The molecule has 0 radical (unpaired) electrons. The summed E-state index contributed by atoms with van der Waals surface area (Å²) < 4.78 is 5.88. The van der Waals surface area contributed by atoms with Crippen LogP contribution in [0.5, 0.6) is 0 Å². The van der Waals surface area contributed by atoms with Crippen LogP contribution in [-0.4, -0.2) is 15.6 Å². The Balaban J connectivity index is 1.54. The van der Waals surface area contributed by atoms with Gasteiger partial charge in [-0.25, -0.2) is 9.97 Å². The molecule has 0 amide bonds. The van der Waals surface area contributed by atoms with E-state index < -0.39 is 0 Å². The minimum atomic E-state index is -0.139. The third kappa shape index (κ3) is 4.09. The molecule has 0 saturated carbocycles. The molecule has 1 aliphatic heterocycles. The van der Waals surface area contributed by atoms with Crippen LogP contribution in [0.2, 0.25) is 0 Å². The van der Waals surface area contributed by atoms with Gasteiger partial charge >= 0.3 is 0 Å². The smallest absolute Gasteiger partial charge is 0.188 e. The fraction of sp³-hybridized carbons (Fsp3) is 0.300. The molecule has 1 aliphatic rings. The van der Waals surface area contributed by atoms with E-state index in [9.17, 15) is 0 Å². The fourth-order valence-corrected chi connectivity index (χ4v) is 4.76. The molecule has 2 aromatic heterocycles. The number of anilines is 2. The van der Waals surface area contributed by atoms with Crippen LogP contribution in [0.1, 0.15) is 30.1 Å². The van der Waals surface area contributed by atoms with Gasteiger partial charge in [-0.15, -0.1) is 0 Å². The molecule has 6 heteroatoms. The molecule has 26 heavy (non-hydrogen) atoms. The summed E-state index contributed by atoms with van der Waals surface area (Å²) in [5.41, 5.74) is 1.99. The van der Waals surface area contributed by atoms with Crippen molar-refractivity contribution in [2.45, 2.75) is 49.2 Å². The number of rotatable bonds is 4. The second-order valence-electron chi connectivity index (χ2n) is 6.98. The molecule has 1 N–H and O–H groups in total. The molecule has 0 aliphatic carbocycles. The number of hydrogen-bond acceptors (Lipinski definition) is 6. The first-order chi connectivity index (χ1) is 12.5. The van der Waals surface area contributed by atoms with E-state index in [2.05, 4.69) is 60.5 Å². The summed E-state index contributed by atoms with van der Waals surface area (Å²) in [6, 6.07) is 14.5. The van der Waals surface area contributed by atoms with E-state index in [4.69, 9.17) is 9.72 Å². The van der Waals surface area contributed by atoms with Gasteiger partial charge in [0.1, 0.15) is 5.82 Å². The summed E-state index contributed by atoms with van der Waals surface area (Å²) in [5, 5.41) is 4.26. The molecule has 4 nitrogen and oxygen atoms in total. The Labute approximate surface area is 162 Å². The van der Waals surface area contributed by atoms with Gasteiger partial charge in [0.2, 0.25) is 0 Å². The second kappa shape index (κ2) is 7.02. The largest absolute Gasteiger partial charge is 0.370 e. The number of nitrogens with one attached hydrogen (secondary N) is 1. The average Bonchev–Trinajstić information content (AvgIpc) is 2.95. The van der Waals surface area contributed by atoms with Gasteiger partial charge in [0.15, 0.2) is 5.13 Å². The summed E-state index contributed by atoms with van der Waals surface area (Å²) in [4.78, 5) is 13.0. The van der Waals surface area contributed by atoms with Gasteiger partial charge in [-0.1, -0.05) is 41.3 Å². The number of hydrogen-bond donors (Lipinski definition) is 1. The zero-order valence-corrected chi connectivity index (χ0v) is 16.7. The molecule has 0 saturated heterocycles. The van der Waals surface area contributed by atoms with Crippen molar-refractivity contribution in [2.75, 3.05) is 5.32 Å². The molecule has 3 heterocycles. The van der Waals surface area contributed by atoms with Crippen LogP contribution in [0, 0.1) is 6.92 Å². The lowest BCUT2D eigenvalue weighted by molar-refractivity contribution is -0.0393. The van der Waals surface area contributed by atoms with E-state index in [1.165, 1.54) is 9.77 Å². The van der Waals surface area contributed by atoms with Crippen molar-refractivity contribution in [1.82, 2.24) is 9.97 Å². The van der Waals surface area contributed by atoms with Crippen molar-refractivity contribution in [1.29, 1.82) is 0 Å². The predicted octanol–water partition coefficient (Wildman–Crippen LogP) is 5.59. The van der Waals surface area contributed by atoms with Gasteiger partial charge in [-0.3, -0.25) is 0 Å². The van der Waals surface area contributed by atoms with E-state index in [-0.39, 0.29) is 5.60 Å². The summed E-state index contributed by atoms with van der Waals surface area (Å²) in [6.45, 7) is 6.87. The first-order valence-electron chi connectivity index (χ1n) is 8.58. The van der Waals surface area contributed by atoms with Crippen LogP contribution in [0.3, 0.4) is 0 Å². The Kier molecular flexibility index (Phi) is 4.73. The van der Waals surface area contributed by atoms with E-state index in [0.717, 1.165) is 33.7 Å². The normalized spacial score (nSPS) is 15.5. The Hall–Kier alpha value is -1.89.